The molecule has 0 aliphatic rings. The second kappa shape index (κ2) is 5.00. The summed E-state index contributed by atoms with van der Waals surface area (Å²) in [6.45, 7) is 0. The smallest absolute Gasteiger partial charge is 0.170 e. The normalized spacial score (nSPS) is 9.86. The van der Waals surface area contributed by atoms with Gasteiger partial charge in [0.15, 0.2) is 11.6 Å². The minimum Gasteiger partial charge on any atom is -0.298 e. The Morgan fingerprint density at radius 3 is 2.29 bits per heavy atom. The van der Waals surface area contributed by atoms with Crippen molar-refractivity contribution < 1.29 is 14.0 Å². The molecule has 0 heterocycles. The van der Waals surface area contributed by atoms with Gasteiger partial charge in [0, 0.05) is 5.56 Å². The zero-order valence-electron chi connectivity index (χ0n) is 7.30. The lowest BCUT2D eigenvalue weighted by atomic mass is 10.1. The Morgan fingerprint density at radius 1 is 1.21 bits per heavy atom. The molecule has 4 heteroatoms. The van der Waals surface area contributed by atoms with Crippen LogP contribution in [0, 0.1) is 5.82 Å². The fraction of sp³-hybridized carbons (Fsp3) is 0.200. The van der Waals surface area contributed by atoms with Crippen molar-refractivity contribution in [2.24, 2.45) is 0 Å². The quantitative estimate of drug-likeness (QED) is 0.472. The Hall–Kier alpha value is -1.03. The first-order valence-corrected chi connectivity index (χ1v) is 5.12. The molecule has 0 fully saturated rings. The Labute approximate surface area is 89.2 Å². The van der Waals surface area contributed by atoms with Crippen LogP contribution >= 0.6 is 15.9 Å². The van der Waals surface area contributed by atoms with Gasteiger partial charge in [0.1, 0.15) is 5.82 Å². The molecule has 0 spiro atoms. The number of Topliss-reactive ketones (excluding diaryl/α,β-unsaturated/α-hetero) is 2. The van der Waals surface area contributed by atoms with Gasteiger partial charge >= 0.3 is 0 Å². The molecule has 0 radical (unpaired) electrons. The molecular weight excluding hydrogens is 251 g/mol. The molecule has 1 aromatic rings. The number of hydrogen-bond donors (Lipinski definition) is 0. The Balaban J connectivity index is 2.70. The van der Waals surface area contributed by atoms with Crippen LogP contribution in [-0.4, -0.2) is 16.9 Å². The minimum atomic E-state index is -0.395. The summed E-state index contributed by atoms with van der Waals surface area (Å²) >= 11 is 2.97. The van der Waals surface area contributed by atoms with Crippen molar-refractivity contribution >= 4 is 27.5 Å². The number of ketones is 2. The predicted molar refractivity (Wildman–Crippen MR) is 54.1 cm³/mol. The highest BCUT2D eigenvalue weighted by Crippen LogP contribution is 2.06. The average molecular weight is 259 g/mol. The van der Waals surface area contributed by atoms with Crippen molar-refractivity contribution in [2.45, 2.75) is 6.42 Å². The van der Waals surface area contributed by atoms with Gasteiger partial charge in [-0.3, -0.25) is 9.59 Å². The molecule has 0 saturated carbocycles. The van der Waals surface area contributed by atoms with Crippen LogP contribution in [0.25, 0.3) is 0 Å². The summed E-state index contributed by atoms with van der Waals surface area (Å²) in [5.74, 6) is -0.859. The molecule has 1 aromatic carbocycles. The minimum absolute atomic E-state index is 0.142. The summed E-state index contributed by atoms with van der Waals surface area (Å²) in [5, 5.41) is 0.167. The molecule has 0 N–H and O–H groups in total. The third-order valence-electron chi connectivity index (χ3n) is 1.67. The van der Waals surface area contributed by atoms with E-state index in [1.54, 1.807) is 0 Å². The summed E-state index contributed by atoms with van der Waals surface area (Å²) in [7, 11) is 0. The van der Waals surface area contributed by atoms with Crippen LogP contribution in [0.4, 0.5) is 4.39 Å². The van der Waals surface area contributed by atoms with Gasteiger partial charge in [0.2, 0.25) is 0 Å². The SMILES string of the molecule is O=C(CBr)CC(=O)c1ccc(F)cc1. The van der Waals surface area contributed by atoms with Crippen LogP contribution in [0.1, 0.15) is 16.8 Å². The van der Waals surface area contributed by atoms with E-state index in [1.165, 1.54) is 24.3 Å². The third kappa shape index (κ3) is 3.03. The Bertz CT molecular complexity index is 346. The first kappa shape index (κ1) is 11.0. The van der Waals surface area contributed by atoms with E-state index in [2.05, 4.69) is 15.9 Å². The molecule has 14 heavy (non-hydrogen) atoms. The van der Waals surface area contributed by atoms with Crippen LogP contribution in [-0.2, 0) is 4.79 Å². The van der Waals surface area contributed by atoms with E-state index < -0.39 is 5.82 Å². The van der Waals surface area contributed by atoms with E-state index >= 15 is 0 Å². The van der Waals surface area contributed by atoms with E-state index in [-0.39, 0.29) is 23.3 Å². The summed E-state index contributed by atoms with van der Waals surface area (Å²) in [6, 6.07) is 5.15. The summed E-state index contributed by atoms with van der Waals surface area (Å²) in [6.07, 6.45) is -0.142. The average Bonchev–Trinajstić information content (AvgIpc) is 2.18. The predicted octanol–water partition coefficient (Wildman–Crippen LogP) is 2.36. The number of carbonyl (C=O) groups excluding carboxylic acids is 2. The lowest BCUT2D eigenvalue weighted by Crippen LogP contribution is -2.08. The maximum Gasteiger partial charge on any atom is 0.170 e. The fourth-order valence-electron chi connectivity index (χ4n) is 0.964. The van der Waals surface area contributed by atoms with Crippen LogP contribution in [0.15, 0.2) is 24.3 Å². The van der Waals surface area contributed by atoms with Gasteiger partial charge in [0.05, 0.1) is 11.8 Å². The maximum atomic E-state index is 12.5. The van der Waals surface area contributed by atoms with Crippen molar-refractivity contribution in [3.63, 3.8) is 0 Å². The molecule has 0 aromatic heterocycles. The molecule has 0 atom stereocenters. The van der Waals surface area contributed by atoms with E-state index in [1.807, 2.05) is 0 Å². The van der Waals surface area contributed by atoms with Crippen molar-refractivity contribution in [3.05, 3.63) is 35.6 Å². The van der Waals surface area contributed by atoms with E-state index in [0.717, 1.165) is 0 Å². The molecule has 2 nitrogen and oxygen atoms in total. The lowest BCUT2D eigenvalue weighted by molar-refractivity contribution is -0.115. The van der Waals surface area contributed by atoms with Crippen LogP contribution in [0.5, 0.6) is 0 Å². The molecule has 0 bridgehead atoms. The van der Waals surface area contributed by atoms with E-state index in [4.69, 9.17) is 0 Å². The summed E-state index contributed by atoms with van der Waals surface area (Å²) in [5.41, 5.74) is 0.362. The van der Waals surface area contributed by atoms with E-state index in [0.29, 0.717) is 5.56 Å². The number of alkyl halides is 1. The van der Waals surface area contributed by atoms with Gasteiger partial charge in [0.25, 0.3) is 0 Å². The molecule has 74 valence electrons. The van der Waals surface area contributed by atoms with Crippen molar-refractivity contribution in [2.75, 3.05) is 5.33 Å². The number of benzene rings is 1. The molecule has 0 unspecified atom stereocenters. The van der Waals surface area contributed by atoms with Crippen LogP contribution < -0.4 is 0 Å². The lowest BCUT2D eigenvalue weighted by Gasteiger charge is -1.98. The topological polar surface area (TPSA) is 34.1 Å². The highest BCUT2D eigenvalue weighted by Gasteiger charge is 2.10. The van der Waals surface area contributed by atoms with Crippen LogP contribution in [0.2, 0.25) is 0 Å². The molecule has 0 saturated heterocycles. The van der Waals surface area contributed by atoms with Gasteiger partial charge in [-0.15, -0.1) is 0 Å². The number of hydrogen-bond acceptors (Lipinski definition) is 2. The van der Waals surface area contributed by atoms with Crippen LogP contribution in [0.3, 0.4) is 0 Å². The van der Waals surface area contributed by atoms with Crippen molar-refractivity contribution in [1.82, 2.24) is 0 Å². The number of carbonyl (C=O) groups is 2. The molecule has 1 rings (SSSR count). The second-order valence-corrected chi connectivity index (χ2v) is 3.34. The molecule has 0 amide bonds. The second-order valence-electron chi connectivity index (χ2n) is 2.78. The largest absolute Gasteiger partial charge is 0.298 e. The standard InChI is InChI=1S/C10H8BrFO2/c11-6-9(13)5-10(14)7-1-3-8(12)4-2-7/h1-4H,5-6H2. The molecule has 0 aliphatic heterocycles. The first-order chi connectivity index (χ1) is 6.63. The fourth-order valence-corrected chi connectivity index (χ4v) is 1.16. The van der Waals surface area contributed by atoms with Gasteiger partial charge in [-0.05, 0) is 24.3 Å². The monoisotopic (exact) mass is 258 g/mol. The molecular formula is C10H8BrFO2. The zero-order valence-corrected chi connectivity index (χ0v) is 8.88. The zero-order chi connectivity index (χ0) is 10.6. The highest BCUT2D eigenvalue weighted by molar-refractivity contribution is 9.09. The van der Waals surface area contributed by atoms with Gasteiger partial charge < -0.3 is 0 Å². The van der Waals surface area contributed by atoms with Crippen molar-refractivity contribution in [1.29, 1.82) is 0 Å². The van der Waals surface area contributed by atoms with Gasteiger partial charge in [-0.25, -0.2) is 4.39 Å². The number of halogens is 2. The Kier molecular flexibility index (Phi) is 3.95. The highest BCUT2D eigenvalue weighted by atomic mass is 79.9. The van der Waals surface area contributed by atoms with Crippen molar-refractivity contribution in [3.8, 4) is 0 Å². The van der Waals surface area contributed by atoms with Gasteiger partial charge in [-0.2, -0.15) is 0 Å². The summed E-state index contributed by atoms with van der Waals surface area (Å²) < 4.78 is 12.5. The Morgan fingerprint density at radius 2 is 1.79 bits per heavy atom. The summed E-state index contributed by atoms with van der Waals surface area (Å²) in [4.78, 5) is 22.3. The maximum absolute atomic E-state index is 12.5. The number of rotatable bonds is 4. The van der Waals surface area contributed by atoms with Gasteiger partial charge in [-0.1, -0.05) is 15.9 Å². The molecule has 0 aliphatic carbocycles. The van der Waals surface area contributed by atoms with E-state index in [9.17, 15) is 14.0 Å². The first-order valence-electron chi connectivity index (χ1n) is 4.00. The third-order valence-corrected chi connectivity index (χ3v) is 2.30.